The Morgan fingerprint density at radius 2 is 1.90 bits per heavy atom. The lowest BCUT2D eigenvalue weighted by Crippen LogP contribution is -2.47. The molecule has 1 aromatic heterocycles. The number of pyridine rings is 1. The number of amides is 1. The number of rotatable bonds is 6. The summed E-state index contributed by atoms with van der Waals surface area (Å²) in [6.45, 7) is 6.41. The van der Waals surface area contributed by atoms with E-state index in [1.807, 2.05) is 18.2 Å². The van der Waals surface area contributed by atoms with Crippen molar-refractivity contribution in [2.24, 2.45) is 0 Å². The van der Waals surface area contributed by atoms with E-state index in [9.17, 15) is 4.79 Å². The van der Waals surface area contributed by atoms with Crippen molar-refractivity contribution in [3.8, 4) is 0 Å². The smallest absolute Gasteiger partial charge is 0.255 e. The van der Waals surface area contributed by atoms with Crippen LogP contribution in [0.3, 0.4) is 0 Å². The van der Waals surface area contributed by atoms with E-state index in [2.05, 4.69) is 49.7 Å². The van der Waals surface area contributed by atoms with Gasteiger partial charge < -0.3 is 20.4 Å². The Bertz CT molecular complexity index is 791. The molecule has 6 heteroatoms. The van der Waals surface area contributed by atoms with Crippen molar-refractivity contribution in [2.45, 2.75) is 25.3 Å². The van der Waals surface area contributed by atoms with E-state index in [1.54, 1.807) is 6.20 Å². The van der Waals surface area contributed by atoms with Gasteiger partial charge in [0.1, 0.15) is 5.82 Å². The number of hydrogen-bond acceptors (Lipinski definition) is 5. The lowest BCUT2D eigenvalue weighted by Gasteiger charge is -2.35. The quantitative estimate of drug-likeness (QED) is 0.789. The molecule has 1 amide bonds. The number of likely N-dealkylation sites (tertiary alicyclic amines) is 1. The fourth-order valence-electron chi connectivity index (χ4n) is 4.28. The molecule has 0 aliphatic carbocycles. The molecule has 0 radical (unpaired) electrons. The van der Waals surface area contributed by atoms with Crippen molar-refractivity contribution in [3.63, 3.8) is 0 Å². The van der Waals surface area contributed by atoms with Gasteiger partial charge in [-0.05, 0) is 43.6 Å². The molecule has 3 heterocycles. The Kier molecular flexibility index (Phi) is 6.75. The first-order chi connectivity index (χ1) is 14.3. The second-order valence-electron chi connectivity index (χ2n) is 7.90. The van der Waals surface area contributed by atoms with Gasteiger partial charge >= 0.3 is 0 Å². The zero-order valence-corrected chi connectivity index (χ0v) is 17.0. The zero-order chi connectivity index (χ0) is 19.9. The highest BCUT2D eigenvalue weighted by Gasteiger charge is 2.25. The average molecular weight is 394 g/mol. The maximum atomic E-state index is 12.9. The highest BCUT2D eigenvalue weighted by Crippen LogP contribution is 2.23. The van der Waals surface area contributed by atoms with Gasteiger partial charge in [0, 0.05) is 45.0 Å². The standard InChI is InChI=1S/C23H31N5O/c29-23(26-12-16-27-14-5-2-6-15-27)20-10-7-11-25-22(20)28-17-13-24-21(18-28)19-8-3-1-4-9-19/h1,3-4,7-11,21,24H,2,5-6,12-18H2,(H,26,29)/t21-/m0/s1. The van der Waals surface area contributed by atoms with Gasteiger partial charge in [0.15, 0.2) is 0 Å². The Balaban J connectivity index is 1.40. The van der Waals surface area contributed by atoms with E-state index in [4.69, 9.17) is 0 Å². The van der Waals surface area contributed by atoms with Gasteiger partial charge in [-0.25, -0.2) is 4.98 Å². The van der Waals surface area contributed by atoms with Crippen LogP contribution in [0.15, 0.2) is 48.7 Å². The van der Waals surface area contributed by atoms with Gasteiger partial charge in [-0.15, -0.1) is 0 Å². The third-order valence-corrected chi connectivity index (χ3v) is 5.87. The maximum Gasteiger partial charge on any atom is 0.255 e. The van der Waals surface area contributed by atoms with Crippen molar-refractivity contribution >= 4 is 11.7 Å². The number of piperazine rings is 1. The Morgan fingerprint density at radius 1 is 1.07 bits per heavy atom. The van der Waals surface area contributed by atoms with Crippen LogP contribution in [0.5, 0.6) is 0 Å². The first-order valence-electron chi connectivity index (χ1n) is 10.8. The van der Waals surface area contributed by atoms with E-state index in [0.717, 1.165) is 45.1 Å². The molecule has 29 heavy (non-hydrogen) atoms. The van der Waals surface area contributed by atoms with Gasteiger partial charge in [0.05, 0.1) is 5.56 Å². The van der Waals surface area contributed by atoms with Gasteiger partial charge in [-0.2, -0.15) is 0 Å². The normalized spacial score (nSPS) is 20.4. The second kappa shape index (κ2) is 9.85. The van der Waals surface area contributed by atoms with Crippen molar-refractivity contribution in [2.75, 3.05) is 50.7 Å². The van der Waals surface area contributed by atoms with E-state index >= 15 is 0 Å². The molecule has 0 unspecified atom stereocenters. The van der Waals surface area contributed by atoms with Gasteiger partial charge in [-0.3, -0.25) is 4.79 Å². The van der Waals surface area contributed by atoms with E-state index in [1.165, 1.54) is 24.8 Å². The predicted octanol–water partition coefficient (Wildman–Crippen LogP) is 2.45. The summed E-state index contributed by atoms with van der Waals surface area (Å²) >= 11 is 0. The average Bonchev–Trinajstić information content (AvgIpc) is 2.80. The molecule has 154 valence electrons. The molecule has 2 aliphatic rings. The number of nitrogens with zero attached hydrogens (tertiary/aromatic N) is 3. The molecule has 2 aliphatic heterocycles. The summed E-state index contributed by atoms with van der Waals surface area (Å²) in [5.41, 5.74) is 1.93. The minimum Gasteiger partial charge on any atom is -0.353 e. The van der Waals surface area contributed by atoms with E-state index in [-0.39, 0.29) is 11.9 Å². The Hall–Kier alpha value is -2.44. The van der Waals surface area contributed by atoms with Crippen molar-refractivity contribution in [1.82, 2.24) is 20.5 Å². The minimum atomic E-state index is -0.0279. The largest absolute Gasteiger partial charge is 0.353 e. The summed E-state index contributed by atoms with van der Waals surface area (Å²) in [5.74, 6) is 0.755. The van der Waals surface area contributed by atoms with Crippen molar-refractivity contribution < 1.29 is 4.79 Å². The highest BCUT2D eigenvalue weighted by molar-refractivity contribution is 5.98. The highest BCUT2D eigenvalue weighted by atomic mass is 16.1. The number of aromatic nitrogens is 1. The summed E-state index contributed by atoms with van der Waals surface area (Å²) in [7, 11) is 0. The SMILES string of the molecule is O=C(NCCN1CCCCC1)c1cccnc1N1CCN[C@H](c2ccccc2)C1. The number of benzene rings is 1. The number of carbonyl (C=O) groups is 1. The fourth-order valence-corrected chi connectivity index (χ4v) is 4.28. The molecule has 2 fully saturated rings. The number of hydrogen-bond donors (Lipinski definition) is 2. The van der Waals surface area contributed by atoms with Crippen LogP contribution in [0.4, 0.5) is 5.82 Å². The van der Waals surface area contributed by atoms with Crippen LogP contribution >= 0.6 is 0 Å². The lowest BCUT2D eigenvalue weighted by molar-refractivity contribution is 0.0946. The molecule has 2 saturated heterocycles. The molecule has 1 aromatic carbocycles. The van der Waals surface area contributed by atoms with E-state index in [0.29, 0.717) is 12.1 Å². The van der Waals surface area contributed by atoms with Crippen LogP contribution in [-0.2, 0) is 0 Å². The Labute approximate surface area is 173 Å². The van der Waals surface area contributed by atoms with Crippen LogP contribution in [0.1, 0.15) is 41.2 Å². The molecule has 0 bridgehead atoms. The third kappa shape index (κ3) is 5.14. The first kappa shape index (κ1) is 19.9. The molecule has 2 aromatic rings. The van der Waals surface area contributed by atoms with Crippen LogP contribution in [0, 0.1) is 0 Å². The first-order valence-corrected chi connectivity index (χ1v) is 10.8. The third-order valence-electron chi connectivity index (χ3n) is 5.87. The molecule has 6 nitrogen and oxygen atoms in total. The molecule has 0 spiro atoms. The van der Waals surface area contributed by atoms with Gasteiger partial charge in [0.2, 0.25) is 0 Å². The zero-order valence-electron chi connectivity index (χ0n) is 17.0. The maximum absolute atomic E-state index is 12.9. The van der Waals surface area contributed by atoms with Crippen LogP contribution in [0.25, 0.3) is 0 Å². The van der Waals surface area contributed by atoms with Crippen LogP contribution in [0.2, 0.25) is 0 Å². The summed E-state index contributed by atoms with van der Waals surface area (Å²) in [5, 5.41) is 6.68. The fraction of sp³-hybridized carbons (Fsp3) is 0.478. The predicted molar refractivity (Wildman–Crippen MR) is 116 cm³/mol. The van der Waals surface area contributed by atoms with Gasteiger partial charge in [0.25, 0.3) is 5.91 Å². The summed E-state index contributed by atoms with van der Waals surface area (Å²) in [4.78, 5) is 22.1. The second-order valence-corrected chi connectivity index (χ2v) is 7.90. The number of piperidine rings is 1. The van der Waals surface area contributed by atoms with Gasteiger partial charge in [-0.1, -0.05) is 36.8 Å². The number of nitrogens with one attached hydrogen (secondary N) is 2. The minimum absolute atomic E-state index is 0.0279. The lowest BCUT2D eigenvalue weighted by atomic mass is 10.0. The summed E-state index contributed by atoms with van der Waals surface area (Å²) in [6, 6.07) is 14.4. The Morgan fingerprint density at radius 3 is 2.72 bits per heavy atom. The van der Waals surface area contributed by atoms with Crippen molar-refractivity contribution in [1.29, 1.82) is 0 Å². The van der Waals surface area contributed by atoms with Crippen LogP contribution in [-0.4, -0.2) is 61.6 Å². The van der Waals surface area contributed by atoms with E-state index < -0.39 is 0 Å². The molecule has 1 atom stereocenters. The molecular weight excluding hydrogens is 362 g/mol. The van der Waals surface area contributed by atoms with Crippen LogP contribution < -0.4 is 15.5 Å². The molecular formula is C23H31N5O. The topological polar surface area (TPSA) is 60.5 Å². The molecule has 4 rings (SSSR count). The molecule has 0 saturated carbocycles. The summed E-state index contributed by atoms with van der Waals surface area (Å²) in [6.07, 6.45) is 5.65. The monoisotopic (exact) mass is 393 g/mol. The number of anilines is 1. The summed E-state index contributed by atoms with van der Waals surface area (Å²) < 4.78 is 0. The number of carbonyl (C=O) groups excluding carboxylic acids is 1. The molecule has 2 N–H and O–H groups in total. The van der Waals surface area contributed by atoms with Crippen molar-refractivity contribution in [3.05, 3.63) is 59.8 Å².